The number of benzene rings is 10. The van der Waals surface area contributed by atoms with Gasteiger partial charge in [0, 0.05) is 127 Å². The van der Waals surface area contributed by atoms with Crippen LogP contribution in [0.15, 0.2) is 316 Å². The Labute approximate surface area is 781 Å². The first-order valence-corrected chi connectivity index (χ1v) is 38.7. The second-order valence-electron chi connectivity index (χ2n) is 29.3. The Bertz CT molecular complexity index is 6220. The standard InChI is InChI=1S/C36H24N2O2.C27H18N4.C25H16F4N2.C11H8N.C5H12O2.4Pt/c39-33-17-9-7-15-27(33)31-21-29(23-11-3-1-4-12-23)25-19-20-26-30(24-13-5-2-6-14-24)22-32(38-36(26)35(25)37-31)28-16-8-10-18-34(28)40;1-27(2,25-14-6-12-23(30-25)20-9-4-8-19(16-20)18-28)26-15-7-13-24(31-26)21-10-5-11-22(17-21)29-3;1-25(2,23-7-3-5-21(30-23)17-11-9-15(26)13-19(17)28)24-8-4-6-22(31-24)18-12-10-16(27)14-20(18)29;1-2-6-10(7-3-1)11-8-4-5-9-12-11;1-4(6)3-5(2)7;;;;/h1-22,39-40H;4-8,11-17H,1-2H3;3-10,13-14H,1-2H3;1-6,8-9H;4-7H,3H2,1-2H3;;;;/q;2*-2;-1;;;;2*+2. The van der Waals surface area contributed by atoms with E-state index in [1.807, 2.05) is 166 Å². The second kappa shape index (κ2) is 44.9. The number of nitriles is 1. The average Bonchev–Trinajstić information content (AvgIpc) is 0.736. The monoisotopic (exact) mass is 2370 g/mol. The molecule has 0 aliphatic carbocycles. The SMILES string of the molecule is CC(C)(c1cccc(-c2[c-]cc(F)cc2F)n1)c1cccc(-c2[c-]cc(F)cc2F)n1.CC(O)CC(C)O.Oc1ccccc1-c1cc(-c2ccccc2)c2ccc3c(-c4ccccc4)cc(-c4ccccc4O)nc3c2n1.[C-]#[N+]c1cc[c-]c(-c2cccc(C(C)(C)c3cccc(-c4[c-]ccc(C#N)c4)n3)n2)c1.[Pt+2].[Pt+2].[Pt].[Pt].[c-]1ccccc1-c1ccccn1. The number of para-hydroxylation sites is 2. The summed E-state index contributed by atoms with van der Waals surface area (Å²) in [6.07, 6.45) is 1.51. The summed E-state index contributed by atoms with van der Waals surface area (Å²) in [6, 6.07) is 110. The molecule has 17 aromatic rings. The largest absolute Gasteiger partial charge is 2.00 e. The van der Waals surface area contributed by atoms with Crippen molar-refractivity contribution >= 4 is 27.5 Å². The third kappa shape index (κ3) is 24.0. The smallest absolute Gasteiger partial charge is 0.507 e. The first-order valence-electron chi connectivity index (χ1n) is 38.7. The summed E-state index contributed by atoms with van der Waals surface area (Å²) < 4.78 is 54.9. The van der Waals surface area contributed by atoms with Crippen LogP contribution in [-0.4, -0.2) is 67.5 Å². The summed E-state index contributed by atoms with van der Waals surface area (Å²) in [5.74, 6) is -2.62. The predicted octanol–water partition coefficient (Wildman–Crippen LogP) is 24.0. The van der Waals surface area contributed by atoms with Gasteiger partial charge in [-0.2, -0.15) is 11.3 Å². The first kappa shape index (κ1) is 96.6. The van der Waals surface area contributed by atoms with Gasteiger partial charge in [-0.3, -0.25) is 22.4 Å². The average molecular weight is 2370 g/mol. The Morgan fingerprint density at radius 3 is 1.20 bits per heavy atom. The van der Waals surface area contributed by atoms with Crippen LogP contribution < -0.4 is 0 Å². The number of hydrogen-bond donors (Lipinski definition) is 4. The van der Waals surface area contributed by atoms with Crippen LogP contribution in [-0.2, 0) is 95.1 Å². The second-order valence-corrected chi connectivity index (χ2v) is 29.3. The number of nitrogens with zero attached hydrogens (tertiary/aromatic N) is 9. The summed E-state index contributed by atoms with van der Waals surface area (Å²) in [5, 5.41) is 49.7. The van der Waals surface area contributed by atoms with Gasteiger partial charge < -0.3 is 45.3 Å². The number of aliphatic hydroxyl groups excluding tert-OH is 2. The summed E-state index contributed by atoms with van der Waals surface area (Å²) >= 11 is 0. The van der Waals surface area contributed by atoms with Gasteiger partial charge in [-0.15, -0.1) is 114 Å². The summed E-state index contributed by atoms with van der Waals surface area (Å²) in [7, 11) is 0. The van der Waals surface area contributed by atoms with E-state index in [4.69, 9.17) is 36.7 Å². The Morgan fingerprint density at radius 2 is 0.800 bits per heavy atom. The molecule has 7 heterocycles. The molecule has 10 aromatic carbocycles. The van der Waals surface area contributed by atoms with Crippen LogP contribution in [0.1, 0.15) is 76.3 Å². The number of fused-ring (bicyclic) bond motifs is 3. The van der Waals surface area contributed by atoms with Crippen LogP contribution in [0.4, 0.5) is 23.2 Å². The molecular formula is C104H78F4N9O4Pt4-. The van der Waals surface area contributed by atoms with Crippen LogP contribution in [0.25, 0.3) is 128 Å². The van der Waals surface area contributed by atoms with Crippen molar-refractivity contribution in [2.75, 3.05) is 0 Å². The molecule has 0 aliphatic heterocycles. The van der Waals surface area contributed by atoms with Gasteiger partial charge in [-0.25, -0.2) is 9.97 Å². The predicted molar refractivity (Wildman–Crippen MR) is 468 cm³/mol. The number of phenols is 2. The fourth-order valence-corrected chi connectivity index (χ4v) is 13.5. The molecule has 0 spiro atoms. The molecule has 2 unspecified atom stereocenters. The number of aliphatic hydroxyl groups is 2. The molecule has 7 aromatic heterocycles. The van der Waals surface area contributed by atoms with Gasteiger partial charge in [0.25, 0.3) is 0 Å². The van der Waals surface area contributed by atoms with E-state index >= 15 is 0 Å². The van der Waals surface area contributed by atoms with Crippen molar-refractivity contribution in [1.29, 1.82) is 5.26 Å². The van der Waals surface area contributed by atoms with Crippen molar-refractivity contribution in [1.82, 2.24) is 34.9 Å². The van der Waals surface area contributed by atoms with E-state index in [-0.39, 0.29) is 119 Å². The first-order chi connectivity index (χ1) is 58.5. The zero-order valence-electron chi connectivity index (χ0n) is 68.0. The molecule has 0 saturated heterocycles. The van der Waals surface area contributed by atoms with Gasteiger partial charge in [0.2, 0.25) is 0 Å². The van der Waals surface area contributed by atoms with Gasteiger partial charge >= 0.3 is 42.1 Å². The Kier molecular flexibility index (Phi) is 34.7. The van der Waals surface area contributed by atoms with Crippen LogP contribution in [0.2, 0.25) is 0 Å². The summed E-state index contributed by atoms with van der Waals surface area (Å²) in [5.41, 5.74) is 16.8. The molecule has 13 nitrogen and oxygen atoms in total. The van der Waals surface area contributed by atoms with E-state index in [2.05, 4.69) is 106 Å². The molecule has 632 valence electrons. The maximum absolute atomic E-state index is 14.2. The minimum Gasteiger partial charge on any atom is -0.507 e. The van der Waals surface area contributed by atoms with Crippen LogP contribution in [0.3, 0.4) is 0 Å². The normalized spacial score (nSPS) is 11.1. The molecular weight excluding hydrogens is 2300 g/mol. The number of rotatable bonds is 15. The van der Waals surface area contributed by atoms with E-state index in [0.717, 1.165) is 113 Å². The van der Waals surface area contributed by atoms with Crippen molar-refractivity contribution in [3.05, 3.63) is 409 Å². The van der Waals surface area contributed by atoms with Crippen LogP contribution in [0.5, 0.6) is 11.5 Å². The molecule has 0 aliphatic rings. The van der Waals surface area contributed by atoms with Gasteiger partial charge in [-0.1, -0.05) is 181 Å². The Morgan fingerprint density at radius 1 is 0.400 bits per heavy atom. The molecule has 17 rings (SSSR count). The fourth-order valence-electron chi connectivity index (χ4n) is 13.5. The molecule has 2 atom stereocenters. The molecule has 0 amide bonds. The molecule has 0 bridgehead atoms. The van der Waals surface area contributed by atoms with Gasteiger partial charge in [0.1, 0.15) is 17.2 Å². The van der Waals surface area contributed by atoms with E-state index in [1.54, 1.807) is 117 Å². The van der Waals surface area contributed by atoms with Gasteiger partial charge in [0.15, 0.2) is 0 Å². The van der Waals surface area contributed by atoms with E-state index in [0.29, 0.717) is 63.0 Å². The van der Waals surface area contributed by atoms with Crippen molar-refractivity contribution in [2.24, 2.45) is 0 Å². The zero-order chi connectivity index (χ0) is 85.2. The molecule has 125 heavy (non-hydrogen) atoms. The number of hydrogen-bond acceptors (Lipinski definition) is 12. The maximum atomic E-state index is 14.2. The third-order valence-electron chi connectivity index (χ3n) is 19.8. The number of pyridine rings is 7. The number of phenolic OH excluding ortho intramolecular Hbond substituents is 2. The van der Waals surface area contributed by atoms with E-state index in [9.17, 15) is 33.0 Å². The van der Waals surface area contributed by atoms with E-state index < -0.39 is 34.1 Å². The van der Waals surface area contributed by atoms with Gasteiger partial charge in [-0.05, 0) is 171 Å². The molecule has 0 radical (unpaired) electrons. The number of halogens is 4. The van der Waals surface area contributed by atoms with Gasteiger partial charge in [0.05, 0.1) is 47.3 Å². The summed E-state index contributed by atoms with van der Waals surface area (Å²) in [4.78, 5) is 36.8. The van der Waals surface area contributed by atoms with Crippen molar-refractivity contribution in [2.45, 2.75) is 71.0 Å². The molecule has 0 fully saturated rings. The Balaban J connectivity index is 0.000000190. The van der Waals surface area contributed by atoms with Crippen molar-refractivity contribution in [3.8, 4) is 119 Å². The molecule has 21 heteroatoms. The summed E-state index contributed by atoms with van der Waals surface area (Å²) in [6.45, 7) is 18.5. The molecule has 0 saturated carbocycles. The fraction of sp³-hybridized carbons (Fsp3) is 0.106. The van der Waals surface area contributed by atoms with Crippen molar-refractivity contribution in [3.63, 3.8) is 0 Å². The van der Waals surface area contributed by atoms with Crippen LogP contribution in [0, 0.1) is 71.5 Å². The topological polar surface area (TPSA) is 199 Å². The Hall–Kier alpha value is -12.3. The minimum atomic E-state index is -0.759. The van der Waals surface area contributed by atoms with E-state index in [1.165, 1.54) is 0 Å². The number of aromatic hydroxyl groups is 2. The number of aromatic nitrogens is 7. The maximum Gasteiger partial charge on any atom is 2.00 e. The quantitative estimate of drug-likeness (QED) is 0.0431. The van der Waals surface area contributed by atoms with Crippen molar-refractivity contribution < 1.29 is 122 Å². The zero-order valence-corrected chi connectivity index (χ0v) is 77.1. The third-order valence-corrected chi connectivity index (χ3v) is 19.8. The minimum absolute atomic E-state index is 0. The molecule has 4 N–H and O–H groups in total. The van der Waals surface area contributed by atoms with Crippen LogP contribution >= 0.6 is 0 Å².